The molecule has 222 valence electrons. The lowest BCUT2D eigenvalue weighted by Gasteiger charge is -2.34. The van der Waals surface area contributed by atoms with E-state index in [1.165, 1.54) is 18.2 Å². The molecule has 2 aliphatic rings. The number of hydrogen-bond acceptors (Lipinski definition) is 9. The van der Waals surface area contributed by atoms with E-state index in [2.05, 4.69) is 32.1 Å². The molecule has 3 heterocycles. The average Bonchev–Trinajstić information content (AvgIpc) is 2.95. The van der Waals surface area contributed by atoms with Crippen LogP contribution in [0, 0.1) is 11.6 Å². The number of nitrogens with one attached hydrogen (secondary N) is 1. The highest BCUT2D eigenvalue weighted by molar-refractivity contribution is 7.99. The molecule has 1 amide bonds. The number of anilines is 4. The maximum atomic E-state index is 13.7. The number of nitrogens with zero attached hydrogens (tertiary/aromatic N) is 4. The predicted molar refractivity (Wildman–Crippen MR) is 162 cm³/mol. The molecule has 0 bridgehead atoms. The molecular weight excluding hydrogens is 562 g/mol. The Morgan fingerprint density at radius 3 is 2.38 bits per heavy atom. The number of likely N-dealkylation sites (N-methyl/N-ethyl adjacent to an activating group) is 1. The summed E-state index contributed by atoms with van der Waals surface area (Å²) in [7, 11) is 2.10. The summed E-state index contributed by atoms with van der Waals surface area (Å²) in [6.45, 7) is 4.98. The number of hydrogen-bond donors (Lipinski definition) is 4. The van der Waals surface area contributed by atoms with Crippen molar-refractivity contribution in [3.05, 3.63) is 65.2 Å². The number of piperazine rings is 1. The number of ether oxygens (including phenoxy) is 1. The van der Waals surface area contributed by atoms with Crippen molar-refractivity contribution in [2.24, 2.45) is 10.7 Å². The van der Waals surface area contributed by atoms with Crippen molar-refractivity contribution in [3.8, 4) is 0 Å². The minimum atomic E-state index is -0.727. The van der Waals surface area contributed by atoms with Gasteiger partial charge in [0.1, 0.15) is 29.1 Å². The van der Waals surface area contributed by atoms with Crippen LogP contribution in [0.2, 0.25) is 0 Å². The van der Waals surface area contributed by atoms with Gasteiger partial charge in [-0.25, -0.2) is 13.8 Å². The number of benzene rings is 2. The van der Waals surface area contributed by atoms with E-state index < -0.39 is 17.5 Å². The summed E-state index contributed by atoms with van der Waals surface area (Å²) in [5, 5.41) is 3.53. The van der Waals surface area contributed by atoms with Gasteiger partial charge in [-0.15, -0.1) is 0 Å². The van der Waals surface area contributed by atoms with Gasteiger partial charge in [0.05, 0.1) is 16.0 Å². The Bertz CT molecular complexity index is 1470. The van der Waals surface area contributed by atoms with E-state index in [9.17, 15) is 13.6 Å². The van der Waals surface area contributed by atoms with Crippen molar-refractivity contribution < 1.29 is 18.3 Å². The summed E-state index contributed by atoms with van der Waals surface area (Å²) < 4.78 is 32.9. The van der Waals surface area contributed by atoms with E-state index >= 15 is 0 Å². The lowest BCUT2D eigenvalue weighted by Crippen LogP contribution is -2.44. The predicted octanol–water partition coefficient (Wildman–Crippen LogP) is 3.56. The number of carbonyl (C=O) groups excluding carboxylic acids is 1. The second kappa shape index (κ2) is 12.9. The van der Waals surface area contributed by atoms with E-state index in [0.29, 0.717) is 29.4 Å². The lowest BCUT2D eigenvalue weighted by atomic mass is 10.1. The number of nitrogen functional groups attached to an aromatic ring is 2. The first kappa shape index (κ1) is 29.5. The van der Waals surface area contributed by atoms with E-state index in [1.54, 1.807) is 6.07 Å². The van der Waals surface area contributed by atoms with Crippen molar-refractivity contribution in [1.82, 2.24) is 9.88 Å². The van der Waals surface area contributed by atoms with Crippen molar-refractivity contribution in [3.63, 3.8) is 0 Å². The molecule has 0 saturated carbocycles. The number of rotatable bonds is 7. The quantitative estimate of drug-likeness (QED) is 0.236. The fourth-order valence-electron chi connectivity index (χ4n) is 4.92. The molecule has 1 aromatic heterocycles. The van der Waals surface area contributed by atoms with E-state index in [-0.39, 0.29) is 34.0 Å². The highest BCUT2D eigenvalue weighted by atomic mass is 32.2. The lowest BCUT2D eigenvalue weighted by molar-refractivity contribution is 0.0904. The molecule has 42 heavy (non-hydrogen) atoms. The Balaban J connectivity index is 1.43. The molecule has 0 unspecified atom stereocenters. The smallest absolute Gasteiger partial charge is 0.281 e. The SMILES string of the molecule is CN1CCN(c2ccc(C(=O)N=C(N)c3cc(Sc4cc(F)cc(F)c4)c(N)nc3N)c(NC3CCOCC3)c2)CC1. The third-order valence-corrected chi connectivity index (χ3v) is 8.31. The van der Waals surface area contributed by atoms with Gasteiger partial charge in [0.15, 0.2) is 0 Å². The number of halogens is 2. The van der Waals surface area contributed by atoms with Crippen LogP contribution in [0.25, 0.3) is 0 Å². The van der Waals surface area contributed by atoms with E-state index in [1.807, 2.05) is 12.1 Å². The van der Waals surface area contributed by atoms with Gasteiger partial charge in [-0.3, -0.25) is 4.79 Å². The zero-order chi connectivity index (χ0) is 29.8. The van der Waals surface area contributed by atoms with Gasteiger partial charge >= 0.3 is 0 Å². The summed E-state index contributed by atoms with van der Waals surface area (Å²) >= 11 is 0.989. The Labute approximate surface area is 247 Å². The summed E-state index contributed by atoms with van der Waals surface area (Å²) in [5.74, 6) is -2.14. The van der Waals surface area contributed by atoms with E-state index in [4.69, 9.17) is 21.9 Å². The van der Waals surface area contributed by atoms with Crippen LogP contribution < -0.4 is 27.4 Å². The number of carbonyl (C=O) groups is 1. The first-order valence-corrected chi connectivity index (χ1v) is 14.5. The van der Waals surface area contributed by atoms with Crippen LogP contribution >= 0.6 is 11.8 Å². The summed E-state index contributed by atoms with van der Waals surface area (Å²) in [6.07, 6.45) is 1.64. The Morgan fingerprint density at radius 1 is 1.00 bits per heavy atom. The minimum Gasteiger partial charge on any atom is -0.383 e. The zero-order valence-corrected chi connectivity index (χ0v) is 24.1. The molecule has 2 saturated heterocycles. The third kappa shape index (κ3) is 7.09. The van der Waals surface area contributed by atoms with Crippen LogP contribution in [0.15, 0.2) is 57.2 Å². The number of aromatic nitrogens is 1. The maximum absolute atomic E-state index is 13.7. The topological polar surface area (TPSA) is 148 Å². The Morgan fingerprint density at radius 2 is 1.69 bits per heavy atom. The molecule has 0 radical (unpaired) electrons. The van der Waals surface area contributed by atoms with Crippen LogP contribution in [0.1, 0.15) is 28.8 Å². The van der Waals surface area contributed by atoms with Crippen LogP contribution in [-0.2, 0) is 4.74 Å². The van der Waals surface area contributed by atoms with Crippen LogP contribution in [0.3, 0.4) is 0 Å². The van der Waals surface area contributed by atoms with E-state index in [0.717, 1.165) is 62.5 Å². The first-order chi connectivity index (χ1) is 20.2. The molecule has 10 nitrogen and oxygen atoms in total. The minimum absolute atomic E-state index is 0.0257. The molecule has 13 heteroatoms. The van der Waals surface area contributed by atoms with Gasteiger partial charge in [0.25, 0.3) is 5.91 Å². The molecule has 0 aliphatic carbocycles. The Kier molecular flexibility index (Phi) is 9.09. The molecule has 2 aromatic carbocycles. The van der Waals surface area contributed by atoms with Gasteiger partial charge < -0.3 is 37.1 Å². The van der Waals surface area contributed by atoms with Crippen LogP contribution in [0.4, 0.5) is 31.8 Å². The second-order valence-electron chi connectivity index (χ2n) is 10.4. The van der Waals surface area contributed by atoms with Gasteiger partial charge in [-0.05, 0) is 56.3 Å². The molecule has 2 aliphatic heterocycles. The fourth-order valence-corrected chi connectivity index (χ4v) is 5.84. The highest BCUT2D eigenvalue weighted by Gasteiger charge is 2.22. The molecule has 7 N–H and O–H groups in total. The van der Waals surface area contributed by atoms with Crippen molar-refractivity contribution >= 4 is 46.5 Å². The van der Waals surface area contributed by atoms with Gasteiger partial charge in [-0.2, -0.15) is 4.99 Å². The molecular formula is C29H34F2N8O2S. The highest BCUT2D eigenvalue weighted by Crippen LogP contribution is 2.34. The normalized spacial score (nSPS) is 16.9. The zero-order valence-electron chi connectivity index (χ0n) is 23.3. The van der Waals surface area contributed by atoms with Gasteiger partial charge in [0, 0.05) is 67.8 Å². The van der Waals surface area contributed by atoms with Crippen molar-refractivity contribution in [1.29, 1.82) is 0 Å². The summed E-state index contributed by atoms with van der Waals surface area (Å²) in [5.41, 5.74) is 20.6. The number of aliphatic imine (C=N–C) groups is 1. The van der Waals surface area contributed by atoms with Crippen LogP contribution in [0.5, 0.6) is 0 Å². The van der Waals surface area contributed by atoms with Gasteiger partial charge in [0.2, 0.25) is 0 Å². The number of amides is 1. The monoisotopic (exact) mass is 596 g/mol. The van der Waals surface area contributed by atoms with Crippen LogP contribution in [-0.4, -0.2) is 74.1 Å². The summed E-state index contributed by atoms with van der Waals surface area (Å²) in [4.78, 5) is 27.0. The molecule has 5 rings (SSSR count). The third-order valence-electron chi connectivity index (χ3n) is 7.29. The number of amidine groups is 1. The number of nitrogens with two attached hydrogens (primary N) is 3. The largest absolute Gasteiger partial charge is 0.383 e. The Hall–Kier alpha value is -3.94. The maximum Gasteiger partial charge on any atom is 0.281 e. The summed E-state index contributed by atoms with van der Waals surface area (Å²) in [6, 6.07) is 10.5. The first-order valence-electron chi connectivity index (χ1n) is 13.7. The molecule has 3 aromatic rings. The molecule has 2 fully saturated rings. The molecule has 0 spiro atoms. The van der Waals surface area contributed by atoms with Crippen molar-refractivity contribution in [2.45, 2.75) is 28.7 Å². The fraction of sp³-hybridized carbons (Fsp3) is 0.345. The van der Waals surface area contributed by atoms with Gasteiger partial charge in [-0.1, -0.05) is 11.8 Å². The number of pyridine rings is 1. The molecule has 0 atom stereocenters. The second-order valence-corrected chi connectivity index (χ2v) is 11.5. The average molecular weight is 597 g/mol. The standard InChI is InChI=1S/C29H34F2N8O2S/c1-38-6-8-39(9-7-38)20-2-3-22(24(15-20)35-19-4-10-41-11-5-19)29(40)37-27(33)23-16-25(28(34)36-26(23)32)42-21-13-17(30)12-18(31)14-21/h2-3,12-16,19,35H,4-11H2,1H3,(H4,32,34,36)(H2,33,37,40). The van der Waals surface area contributed by atoms with Crippen molar-refractivity contribution in [2.75, 3.05) is 68.1 Å².